The summed E-state index contributed by atoms with van der Waals surface area (Å²) in [6.45, 7) is 8.05. The zero-order chi connectivity index (χ0) is 21.0. The number of nitrogens with two attached hydrogens (primary N) is 1. The Labute approximate surface area is 171 Å². The van der Waals surface area contributed by atoms with E-state index in [-0.39, 0.29) is 0 Å². The second-order valence-electron chi connectivity index (χ2n) is 8.52. The molecule has 3 N–H and O–H groups in total. The largest absolute Gasteiger partial charge is 0.433 e. The maximum absolute atomic E-state index is 12.7. The van der Waals surface area contributed by atoms with Crippen molar-refractivity contribution in [2.75, 3.05) is 26.2 Å². The van der Waals surface area contributed by atoms with E-state index in [1.54, 1.807) is 24.3 Å². The zero-order valence-electron chi connectivity index (χ0n) is 17.1. The Morgan fingerprint density at radius 3 is 2.48 bits per heavy atom. The summed E-state index contributed by atoms with van der Waals surface area (Å²) in [6, 6.07) is 7.38. The summed E-state index contributed by atoms with van der Waals surface area (Å²) >= 11 is 0. The van der Waals surface area contributed by atoms with Gasteiger partial charge >= 0.3 is 12.1 Å². The van der Waals surface area contributed by atoms with Gasteiger partial charge in [-0.15, -0.1) is 0 Å². The number of amides is 4. The quantitative estimate of drug-likeness (QED) is 0.710. The molecule has 158 valence electrons. The lowest BCUT2D eigenvalue weighted by Crippen LogP contribution is -2.45. The number of carbonyl (C=O) groups is 3. The lowest BCUT2D eigenvalue weighted by molar-refractivity contribution is -0.125. The van der Waals surface area contributed by atoms with E-state index in [4.69, 9.17) is 10.5 Å². The van der Waals surface area contributed by atoms with Crippen LogP contribution in [0.25, 0.3) is 0 Å². The SMILES string of the molecule is CC1(C)CCN(CCCNC(=O)N2C(=O)OC(C(N)=O)C2c2ccccc2)CC1. The van der Waals surface area contributed by atoms with Crippen LogP contribution in [0.5, 0.6) is 0 Å². The number of likely N-dealkylation sites (tertiary alicyclic amines) is 1. The molecule has 8 heteroatoms. The molecular weight excluding hydrogens is 372 g/mol. The number of piperidine rings is 1. The third-order valence-electron chi connectivity index (χ3n) is 5.77. The second kappa shape index (κ2) is 8.82. The number of primary amides is 1. The van der Waals surface area contributed by atoms with Gasteiger partial charge in [-0.1, -0.05) is 44.2 Å². The zero-order valence-corrected chi connectivity index (χ0v) is 17.1. The van der Waals surface area contributed by atoms with Gasteiger partial charge in [0.05, 0.1) is 0 Å². The van der Waals surface area contributed by atoms with E-state index in [1.807, 2.05) is 6.07 Å². The number of hydrogen-bond acceptors (Lipinski definition) is 5. The number of hydrogen-bond donors (Lipinski definition) is 2. The van der Waals surface area contributed by atoms with Crippen molar-refractivity contribution in [1.29, 1.82) is 0 Å². The number of carbonyl (C=O) groups excluding carboxylic acids is 3. The van der Waals surface area contributed by atoms with Crippen molar-refractivity contribution >= 4 is 18.0 Å². The van der Waals surface area contributed by atoms with E-state index in [0.29, 0.717) is 17.5 Å². The molecule has 2 saturated heterocycles. The molecular formula is C21H30N4O4. The van der Waals surface area contributed by atoms with Gasteiger partial charge in [-0.2, -0.15) is 0 Å². The van der Waals surface area contributed by atoms with Crippen LogP contribution in [0.3, 0.4) is 0 Å². The molecule has 2 unspecified atom stereocenters. The van der Waals surface area contributed by atoms with Crippen molar-refractivity contribution in [2.45, 2.75) is 45.3 Å². The van der Waals surface area contributed by atoms with Crippen molar-refractivity contribution in [1.82, 2.24) is 15.1 Å². The van der Waals surface area contributed by atoms with Crippen LogP contribution in [0.15, 0.2) is 30.3 Å². The highest BCUT2D eigenvalue weighted by Crippen LogP contribution is 2.33. The number of rotatable bonds is 6. The van der Waals surface area contributed by atoms with Crippen LogP contribution in [-0.2, 0) is 9.53 Å². The Bertz CT molecular complexity index is 742. The van der Waals surface area contributed by atoms with Crippen molar-refractivity contribution in [3.05, 3.63) is 35.9 Å². The van der Waals surface area contributed by atoms with Crippen molar-refractivity contribution in [2.24, 2.45) is 11.1 Å². The molecule has 8 nitrogen and oxygen atoms in total. The molecule has 2 fully saturated rings. The highest BCUT2D eigenvalue weighted by Gasteiger charge is 2.49. The average Bonchev–Trinajstić information content (AvgIpc) is 3.04. The number of ether oxygens (including phenoxy) is 1. The molecule has 0 saturated carbocycles. The maximum atomic E-state index is 12.7. The molecule has 1 aromatic rings. The number of nitrogens with zero attached hydrogens (tertiary/aromatic N) is 2. The Morgan fingerprint density at radius 2 is 1.86 bits per heavy atom. The molecule has 3 rings (SSSR count). The van der Waals surface area contributed by atoms with Crippen LogP contribution in [0.1, 0.15) is 44.7 Å². The second-order valence-corrected chi connectivity index (χ2v) is 8.52. The lowest BCUT2D eigenvalue weighted by atomic mass is 9.83. The molecule has 0 bridgehead atoms. The highest BCUT2D eigenvalue weighted by molar-refractivity contribution is 5.96. The van der Waals surface area contributed by atoms with E-state index in [9.17, 15) is 14.4 Å². The topological polar surface area (TPSA) is 105 Å². The first-order valence-electron chi connectivity index (χ1n) is 10.1. The molecule has 2 atom stereocenters. The summed E-state index contributed by atoms with van der Waals surface area (Å²) in [5.41, 5.74) is 6.42. The predicted molar refractivity (Wildman–Crippen MR) is 108 cm³/mol. The minimum Gasteiger partial charge on any atom is -0.433 e. The number of benzene rings is 1. The van der Waals surface area contributed by atoms with Gasteiger partial charge in [0, 0.05) is 6.54 Å². The average molecular weight is 402 g/mol. The van der Waals surface area contributed by atoms with Crippen LogP contribution < -0.4 is 11.1 Å². The first-order chi connectivity index (χ1) is 13.8. The van der Waals surface area contributed by atoms with Crippen molar-refractivity contribution in [3.8, 4) is 0 Å². The lowest BCUT2D eigenvalue weighted by Gasteiger charge is -2.36. The monoisotopic (exact) mass is 402 g/mol. The molecule has 0 aromatic heterocycles. The van der Waals surface area contributed by atoms with E-state index >= 15 is 0 Å². The predicted octanol–water partition coefficient (Wildman–Crippen LogP) is 2.26. The van der Waals surface area contributed by atoms with Crippen LogP contribution in [0.2, 0.25) is 0 Å². The summed E-state index contributed by atoms with van der Waals surface area (Å²) in [6.07, 6.45) is 1.06. The molecule has 2 aliphatic rings. The molecule has 0 spiro atoms. The molecule has 2 aliphatic heterocycles. The van der Waals surface area contributed by atoms with Crippen LogP contribution in [0.4, 0.5) is 9.59 Å². The van der Waals surface area contributed by atoms with Gasteiger partial charge in [-0.25, -0.2) is 14.5 Å². The molecule has 29 heavy (non-hydrogen) atoms. The Balaban J connectivity index is 1.56. The maximum Gasteiger partial charge on any atom is 0.419 e. The normalized spacial score (nSPS) is 24.2. The number of imide groups is 1. The minimum atomic E-state index is -1.20. The van der Waals surface area contributed by atoms with Crippen molar-refractivity contribution in [3.63, 3.8) is 0 Å². The fourth-order valence-electron chi connectivity index (χ4n) is 3.84. The van der Waals surface area contributed by atoms with Gasteiger partial charge in [0.2, 0.25) is 6.10 Å². The molecule has 4 amide bonds. The standard InChI is InChI=1S/C21H30N4O4/c1-21(2)9-13-24(14-10-21)12-6-11-23-19(27)25-16(15-7-4-3-5-8-15)17(18(22)26)29-20(25)28/h3-5,7-8,16-17H,6,9-14H2,1-2H3,(H2,22,26)(H,23,27). The van der Waals surface area contributed by atoms with Crippen molar-refractivity contribution < 1.29 is 19.1 Å². The third-order valence-corrected chi connectivity index (χ3v) is 5.77. The van der Waals surface area contributed by atoms with Gasteiger partial charge in [-0.3, -0.25) is 4.79 Å². The summed E-state index contributed by atoms with van der Waals surface area (Å²) in [5, 5.41) is 2.78. The van der Waals surface area contributed by atoms with Crippen LogP contribution >= 0.6 is 0 Å². The van der Waals surface area contributed by atoms with Crippen LogP contribution in [0, 0.1) is 5.41 Å². The van der Waals surface area contributed by atoms with E-state index in [0.717, 1.165) is 31.0 Å². The molecule has 2 heterocycles. The first kappa shape index (κ1) is 21.1. The smallest absolute Gasteiger partial charge is 0.419 e. The van der Waals surface area contributed by atoms with E-state index in [2.05, 4.69) is 24.1 Å². The summed E-state index contributed by atoms with van der Waals surface area (Å²) in [4.78, 5) is 40.1. The Kier molecular flexibility index (Phi) is 6.42. The fourth-order valence-corrected chi connectivity index (χ4v) is 3.84. The van der Waals surface area contributed by atoms with Crippen LogP contribution in [-0.4, -0.2) is 60.1 Å². The van der Waals surface area contributed by atoms with Gasteiger partial charge in [0.15, 0.2) is 0 Å². The van der Waals surface area contributed by atoms with Gasteiger partial charge in [-0.05, 0) is 49.9 Å². The third kappa shape index (κ3) is 5.06. The molecule has 1 aromatic carbocycles. The summed E-state index contributed by atoms with van der Waals surface area (Å²) in [5.74, 6) is -0.782. The van der Waals surface area contributed by atoms with E-state index in [1.165, 1.54) is 12.8 Å². The van der Waals surface area contributed by atoms with Gasteiger partial charge < -0.3 is 20.7 Å². The Morgan fingerprint density at radius 1 is 1.21 bits per heavy atom. The Hall–Kier alpha value is -2.61. The fraction of sp³-hybridized carbons (Fsp3) is 0.571. The minimum absolute atomic E-state index is 0.407. The number of nitrogens with one attached hydrogen (secondary N) is 1. The highest BCUT2D eigenvalue weighted by atomic mass is 16.6. The van der Waals surface area contributed by atoms with Gasteiger partial charge in [0.25, 0.3) is 5.91 Å². The molecule has 0 aliphatic carbocycles. The van der Waals surface area contributed by atoms with Gasteiger partial charge in [0.1, 0.15) is 6.04 Å². The summed E-state index contributed by atoms with van der Waals surface area (Å²) in [7, 11) is 0. The van der Waals surface area contributed by atoms with E-state index < -0.39 is 30.2 Å². The molecule has 0 radical (unpaired) electrons. The number of cyclic esters (lactones) is 1. The number of urea groups is 1. The summed E-state index contributed by atoms with van der Waals surface area (Å²) < 4.78 is 5.09. The first-order valence-corrected chi connectivity index (χ1v) is 10.1.